The molecule has 1 saturated heterocycles. The molecule has 5 heteroatoms. The minimum Gasteiger partial charge on any atom is -0.389 e. The fraction of sp³-hybridized carbons (Fsp3) is 0.786. The van der Waals surface area contributed by atoms with E-state index in [1.54, 1.807) is 0 Å². The van der Waals surface area contributed by atoms with Gasteiger partial charge in [-0.15, -0.1) is 0 Å². The highest BCUT2D eigenvalue weighted by Crippen LogP contribution is 2.32. The van der Waals surface area contributed by atoms with Crippen molar-refractivity contribution in [2.45, 2.75) is 64.7 Å². The van der Waals surface area contributed by atoms with E-state index in [-0.39, 0.29) is 6.10 Å². The summed E-state index contributed by atoms with van der Waals surface area (Å²) in [5, 5.41) is 15.9. The Kier molecular flexibility index (Phi) is 4.54. The molecular weight excluding hydrogens is 264 g/mol. The van der Waals surface area contributed by atoms with E-state index in [0.29, 0.717) is 30.9 Å². The summed E-state index contributed by atoms with van der Waals surface area (Å²) in [4.78, 5) is 0. The molecule has 19 heavy (non-hydrogen) atoms. The van der Waals surface area contributed by atoms with Crippen LogP contribution in [0.25, 0.3) is 0 Å². The average molecular weight is 287 g/mol. The summed E-state index contributed by atoms with van der Waals surface area (Å²) in [5.41, 5.74) is 1.06. The molecule has 1 aliphatic rings. The van der Waals surface area contributed by atoms with Crippen LogP contribution in [0.1, 0.15) is 44.5 Å². The average Bonchev–Trinajstić information content (AvgIpc) is 2.66. The first-order chi connectivity index (χ1) is 8.99. The van der Waals surface area contributed by atoms with Gasteiger partial charge in [0.05, 0.1) is 28.1 Å². The SMILES string of the molecule is CCC1CC(O)(Cc2c(Cl)c(C)nn2CC)CCO1. The fourth-order valence-electron chi connectivity index (χ4n) is 2.77. The molecule has 0 aromatic carbocycles. The molecule has 0 bridgehead atoms. The molecular formula is C14H23ClN2O2. The van der Waals surface area contributed by atoms with E-state index in [0.717, 1.165) is 24.4 Å². The maximum atomic E-state index is 10.8. The van der Waals surface area contributed by atoms with Gasteiger partial charge in [0.15, 0.2) is 0 Å². The number of aromatic nitrogens is 2. The van der Waals surface area contributed by atoms with E-state index in [4.69, 9.17) is 16.3 Å². The Morgan fingerprint density at radius 1 is 1.53 bits per heavy atom. The van der Waals surface area contributed by atoms with Crippen LogP contribution in [0.4, 0.5) is 0 Å². The van der Waals surface area contributed by atoms with Crippen molar-refractivity contribution in [2.24, 2.45) is 0 Å². The van der Waals surface area contributed by atoms with Crippen LogP contribution in [0, 0.1) is 6.92 Å². The summed E-state index contributed by atoms with van der Waals surface area (Å²) in [6, 6.07) is 0. The van der Waals surface area contributed by atoms with Crippen LogP contribution in [-0.2, 0) is 17.7 Å². The lowest BCUT2D eigenvalue weighted by Gasteiger charge is -2.36. The predicted molar refractivity (Wildman–Crippen MR) is 75.6 cm³/mol. The topological polar surface area (TPSA) is 47.3 Å². The highest BCUT2D eigenvalue weighted by Gasteiger charge is 2.36. The number of ether oxygens (including phenoxy) is 1. The molecule has 0 aliphatic carbocycles. The summed E-state index contributed by atoms with van der Waals surface area (Å²) < 4.78 is 7.53. The zero-order valence-corrected chi connectivity index (χ0v) is 12.7. The monoisotopic (exact) mass is 286 g/mol. The molecule has 1 aromatic heterocycles. The number of rotatable bonds is 4. The second-order valence-corrected chi connectivity index (χ2v) is 5.80. The first-order valence-corrected chi connectivity index (χ1v) is 7.42. The van der Waals surface area contributed by atoms with Crippen LogP contribution in [0.5, 0.6) is 0 Å². The molecule has 1 fully saturated rings. The van der Waals surface area contributed by atoms with Crippen LogP contribution < -0.4 is 0 Å². The molecule has 0 saturated carbocycles. The Bertz CT molecular complexity index is 447. The second-order valence-electron chi connectivity index (χ2n) is 5.42. The van der Waals surface area contributed by atoms with E-state index >= 15 is 0 Å². The number of aliphatic hydroxyl groups is 1. The summed E-state index contributed by atoms with van der Waals surface area (Å²) >= 11 is 6.32. The van der Waals surface area contributed by atoms with Gasteiger partial charge < -0.3 is 9.84 Å². The Morgan fingerprint density at radius 2 is 2.26 bits per heavy atom. The van der Waals surface area contributed by atoms with E-state index in [1.807, 2.05) is 18.5 Å². The van der Waals surface area contributed by atoms with Crippen molar-refractivity contribution in [3.05, 3.63) is 16.4 Å². The molecule has 2 atom stereocenters. The van der Waals surface area contributed by atoms with Gasteiger partial charge in [-0.2, -0.15) is 5.10 Å². The Labute approximate surface area is 119 Å². The summed E-state index contributed by atoms with van der Waals surface area (Å²) in [6.07, 6.45) is 2.97. The van der Waals surface area contributed by atoms with Crippen molar-refractivity contribution < 1.29 is 9.84 Å². The maximum absolute atomic E-state index is 10.8. The molecule has 0 amide bonds. The van der Waals surface area contributed by atoms with Gasteiger partial charge in [0.1, 0.15) is 0 Å². The van der Waals surface area contributed by atoms with Crippen LogP contribution in [0.2, 0.25) is 5.02 Å². The molecule has 1 aliphatic heterocycles. The first kappa shape index (κ1) is 14.8. The van der Waals surface area contributed by atoms with Gasteiger partial charge in [0.25, 0.3) is 0 Å². The standard InChI is InChI=1S/C14H23ClN2O2/c1-4-11-8-14(18,6-7-19-11)9-12-13(15)10(3)16-17(12)5-2/h11,18H,4-9H2,1-3H3. The van der Waals surface area contributed by atoms with Crippen molar-refractivity contribution >= 4 is 11.6 Å². The van der Waals surface area contributed by atoms with Crippen LogP contribution in [0.15, 0.2) is 0 Å². The second kappa shape index (κ2) is 5.81. The van der Waals surface area contributed by atoms with Crippen molar-refractivity contribution in [3.63, 3.8) is 0 Å². The fourth-order valence-corrected chi connectivity index (χ4v) is 2.97. The van der Waals surface area contributed by atoms with E-state index in [9.17, 15) is 5.11 Å². The quantitative estimate of drug-likeness (QED) is 0.926. The normalized spacial score (nSPS) is 27.7. The Morgan fingerprint density at radius 3 is 2.89 bits per heavy atom. The Hall–Kier alpha value is -0.580. The highest BCUT2D eigenvalue weighted by atomic mass is 35.5. The highest BCUT2D eigenvalue weighted by molar-refractivity contribution is 6.31. The predicted octanol–water partition coefficient (Wildman–Crippen LogP) is 2.73. The minimum atomic E-state index is -0.720. The van der Waals surface area contributed by atoms with Gasteiger partial charge in [0, 0.05) is 26.0 Å². The third-order valence-electron chi connectivity index (χ3n) is 3.93. The van der Waals surface area contributed by atoms with E-state index in [1.165, 1.54) is 0 Å². The zero-order chi connectivity index (χ0) is 14.0. The minimum absolute atomic E-state index is 0.150. The molecule has 4 nitrogen and oxygen atoms in total. The smallest absolute Gasteiger partial charge is 0.0848 e. The molecule has 2 rings (SSSR count). The summed E-state index contributed by atoms with van der Waals surface area (Å²) in [7, 11) is 0. The molecule has 0 spiro atoms. The van der Waals surface area contributed by atoms with Crippen LogP contribution in [-0.4, -0.2) is 33.2 Å². The van der Waals surface area contributed by atoms with Crippen LogP contribution >= 0.6 is 11.6 Å². The van der Waals surface area contributed by atoms with Crippen molar-refractivity contribution in [1.82, 2.24) is 9.78 Å². The van der Waals surface area contributed by atoms with E-state index < -0.39 is 5.60 Å². The van der Waals surface area contributed by atoms with Gasteiger partial charge in [-0.1, -0.05) is 18.5 Å². The summed E-state index contributed by atoms with van der Waals surface area (Å²) in [6.45, 7) is 7.42. The lowest BCUT2D eigenvalue weighted by atomic mass is 9.85. The summed E-state index contributed by atoms with van der Waals surface area (Å²) in [5.74, 6) is 0. The number of nitrogens with zero attached hydrogens (tertiary/aromatic N) is 2. The third-order valence-corrected chi connectivity index (χ3v) is 4.42. The molecule has 2 unspecified atom stereocenters. The van der Waals surface area contributed by atoms with Gasteiger partial charge >= 0.3 is 0 Å². The van der Waals surface area contributed by atoms with Gasteiger partial charge in [-0.05, 0) is 26.7 Å². The van der Waals surface area contributed by atoms with Crippen LogP contribution in [0.3, 0.4) is 0 Å². The Balaban J connectivity index is 2.20. The molecule has 1 N–H and O–H groups in total. The number of halogens is 1. The molecule has 1 aromatic rings. The first-order valence-electron chi connectivity index (χ1n) is 7.05. The number of aryl methyl sites for hydroxylation is 2. The molecule has 108 valence electrons. The molecule has 2 heterocycles. The van der Waals surface area contributed by atoms with Crippen molar-refractivity contribution in [1.29, 1.82) is 0 Å². The lowest BCUT2D eigenvalue weighted by Crippen LogP contribution is -2.42. The third kappa shape index (κ3) is 3.12. The van der Waals surface area contributed by atoms with Gasteiger partial charge in [-0.3, -0.25) is 4.68 Å². The van der Waals surface area contributed by atoms with Gasteiger partial charge in [-0.25, -0.2) is 0 Å². The zero-order valence-electron chi connectivity index (χ0n) is 11.9. The number of hydrogen-bond acceptors (Lipinski definition) is 3. The number of hydrogen-bond donors (Lipinski definition) is 1. The lowest BCUT2D eigenvalue weighted by molar-refractivity contribution is -0.104. The largest absolute Gasteiger partial charge is 0.389 e. The van der Waals surface area contributed by atoms with Gasteiger partial charge in [0.2, 0.25) is 0 Å². The van der Waals surface area contributed by atoms with E-state index in [2.05, 4.69) is 12.0 Å². The van der Waals surface area contributed by atoms with Crippen molar-refractivity contribution in [3.8, 4) is 0 Å². The maximum Gasteiger partial charge on any atom is 0.0848 e. The van der Waals surface area contributed by atoms with Crippen molar-refractivity contribution in [2.75, 3.05) is 6.61 Å². The molecule has 0 radical (unpaired) electrons.